The fourth-order valence-electron chi connectivity index (χ4n) is 2.66. The average Bonchev–Trinajstić information content (AvgIpc) is 3.21. The van der Waals surface area contributed by atoms with Crippen molar-refractivity contribution in [2.24, 2.45) is 4.99 Å². The number of halogens is 1. The van der Waals surface area contributed by atoms with Gasteiger partial charge in [-0.2, -0.15) is 0 Å². The molecule has 2 N–H and O–H groups in total. The van der Waals surface area contributed by atoms with E-state index in [9.17, 15) is 4.79 Å². The SMILES string of the molecule is COc1ccc(CCNC(=NCC(=O)N(C)C)NCCc2csc(C(C)(C)C)n2)cc1.I. The summed E-state index contributed by atoms with van der Waals surface area (Å²) >= 11 is 1.70. The lowest BCUT2D eigenvalue weighted by molar-refractivity contribution is -0.127. The van der Waals surface area contributed by atoms with Crippen LogP contribution in [0.2, 0.25) is 0 Å². The lowest BCUT2D eigenvalue weighted by Crippen LogP contribution is -2.40. The van der Waals surface area contributed by atoms with Crippen LogP contribution in [0.1, 0.15) is 37.0 Å². The van der Waals surface area contributed by atoms with Crippen LogP contribution in [0.15, 0.2) is 34.6 Å². The maximum Gasteiger partial charge on any atom is 0.243 e. The molecule has 0 aliphatic heterocycles. The normalized spacial score (nSPS) is 11.5. The van der Waals surface area contributed by atoms with Gasteiger partial charge in [-0.3, -0.25) is 4.79 Å². The lowest BCUT2D eigenvalue weighted by Gasteiger charge is -2.14. The third kappa shape index (κ3) is 9.72. The summed E-state index contributed by atoms with van der Waals surface area (Å²) in [5.41, 5.74) is 2.34. The van der Waals surface area contributed by atoms with E-state index in [1.807, 2.05) is 12.1 Å². The molecule has 0 fully saturated rings. The van der Waals surface area contributed by atoms with Crippen molar-refractivity contribution in [2.75, 3.05) is 40.8 Å². The predicted molar refractivity (Wildman–Crippen MR) is 144 cm³/mol. The van der Waals surface area contributed by atoms with Crippen LogP contribution in [0.3, 0.4) is 0 Å². The number of hydrogen-bond acceptors (Lipinski definition) is 5. The fraction of sp³-hybridized carbons (Fsp3) is 0.522. The molecule has 2 aromatic rings. The molecule has 1 aromatic carbocycles. The van der Waals surface area contributed by atoms with Crippen LogP contribution in [0.5, 0.6) is 5.75 Å². The molecule has 1 amide bonds. The number of guanidine groups is 1. The Morgan fingerprint density at radius 2 is 1.75 bits per heavy atom. The number of rotatable bonds is 9. The minimum atomic E-state index is -0.0365. The highest BCUT2D eigenvalue weighted by molar-refractivity contribution is 14.0. The van der Waals surface area contributed by atoms with E-state index in [0.29, 0.717) is 19.0 Å². The zero-order chi connectivity index (χ0) is 22.9. The van der Waals surface area contributed by atoms with Crippen molar-refractivity contribution in [3.8, 4) is 5.75 Å². The average molecular weight is 574 g/mol. The van der Waals surface area contributed by atoms with E-state index in [1.165, 1.54) is 5.56 Å². The third-order valence-electron chi connectivity index (χ3n) is 4.60. The van der Waals surface area contributed by atoms with Gasteiger partial charge in [-0.25, -0.2) is 9.98 Å². The van der Waals surface area contributed by atoms with Gasteiger partial charge in [-0.1, -0.05) is 32.9 Å². The van der Waals surface area contributed by atoms with Gasteiger partial charge in [0.1, 0.15) is 12.3 Å². The molecule has 0 saturated carbocycles. The van der Waals surface area contributed by atoms with E-state index >= 15 is 0 Å². The number of ether oxygens (including phenoxy) is 1. The van der Waals surface area contributed by atoms with Crippen LogP contribution in [-0.4, -0.2) is 62.6 Å². The molecule has 32 heavy (non-hydrogen) atoms. The zero-order valence-corrected chi connectivity index (χ0v) is 23.0. The highest BCUT2D eigenvalue weighted by Gasteiger charge is 2.17. The van der Waals surface area contributed by atoms with Gasteiger partial charge in [-0.05, 0) is 24.1 Å². The monoisotopic (exact) mass is 573 g/mol. The van der Waals surface area contributed by atoms with Crippen molar-refractivity contribution in [3.05, 3.63) is 45.9 Å². The number of thiazole rings is 1. The first-order chi connectivity index (χ1) is 14.7. The Balaban J connectivity index is 0.00000512. The second-order valence-corrected chi connectivity index (χ2v) is 9.41. The van der Waals surface area contributed by atoms with Crippen LogP contribution in [-0.2, 0) is 23.1 Å². The minimum absolute atomic E-state index is 0. The van der Waals surface area contributed by atoms with Gasteiger partial charge >= 0.3 is 0 Å². The topological polar surface area (TPSA) is 78.8 Å². The van der Waals surface area contributed by atoms with Gasteiger partial charge in [0.05, 0.1) is 17.8 Å². The molecule has 0 spiro atoms. The molecule has 0 aliphatic carbocycles. The number of hydrogen-bond donors (Lipinski definition) is 2. The van der Waals surface area contributed by atoms with Crippen LogP contribution < -0.4 is 15.4 Å². The van der Waals surface area contributed by atoms with E-state index in [0.717, 1.165) is 29.3 Å². The molecular formula is C23H36IN5O2S. The number of likely N-dealkylation sites (N-methyl/N-ethyl adjacent to an activating group) is 1. The van der Waals surface area contributed by atoms with Crippen molar-refractivity contribution in [3.63, 3.8) is 0 Å². The summed E-state index contributed by atoms with van der Waals surface area (Å²) < 4.78 is 5.20. The summed E-state index contributed by atoms with van der Waals surface area (Å²) in [5, 5.41) is 9.91. The summed E-state index contributed by atoms with van der Waals surface area (Å²) in [7, 11) is 5.13. The van der Waals surface area contributed by atoms with Crippen molar-refractivity contribution in [1.29, 1.82) is 0 Å². The molecule has 1 aromatic heterocycles. The summed E-state index contributed by atoms with van der Waals surface area (Å²) in [5.74, 6) is 1.44. The van der Waals surface area contributed by atoms with E-state index in [2.05, 4.69) is 53.9 Å². The number of carbonyl (C=O) groups is 1. The molecule has 0 atom stereocenters. The first-order valence-corrected chi connectivity index (χ1v) is 11.4. The third-order valence-corrected chi connectivity index (χ3v) is 5.92. The summed E-state index contributed by atoms with van der Waals surface area (Å²) in [6.45, 7) is 8.03. The highest BCUT2D eigenvalue weighted by Crippen LogP contribution is 2.25. The van der Waals surface area contributed by atoms with Crippen molar-refractivity contribution in [2.45, 2.75) is 39.0 Å². The highest BCUT2D eigenvalue weighted by atomic mass is 127. The Labute approximate surface area is 213 Å². The Hall–Kier alpha value is -1.88. The van der Waals surface area contributed by atoms with Crippen molar-refractivity contribution < 1.29 is 9.53 Å². The maximum atomic E-state index is 11.9. The lowest BCUT2D eigenvalue weighted by atomic mass is 9.98. The van der Waals surface area contributed by atoms with E-state index < -0.39 is 0 Å². The van der Waals surface area contributed by atoms with Crippen LogP contribution in [0, 0.1) is 0 Å². The molecule has 0 aliphatic rings. The van der Waals surface area contributed by atoms with E-state index in [4.69, 9.17) is 9.72 Å². The number of aromatic nitrogens is 1. The molecule has 0 radical (unpaired) electrons. The van der Waals surface area contributed by atoms with Crippen molar-refractivity contribution >= 4 is 47.2 Å². The number of aliphatic imine (C=N–C) groups is 1. The van der Waals surface area contributed by atoms with E-state index in [-0.39, 0.29) is 41.8 Å². The Morgan fingerprint density at radius 3 is 2.28 bits per heavy atom. The van der Waals surface area contributed by atoms with Gasteiger partial charge in [0.25, 0.3) is 0 Å². The van der Waals surface area contributed by atoms with Gasteiger partial charge in [0, 0.05) is 44.4 Å². The number of methoxy groups -OCH3 is 1. The Morgan fingerprint density at radius 1 is 1.12 bits per heavy atom. The van der Waals surface area contributed by atoms with Gasteiger partial charge in [0.15, 0.2) is 5.96 Å². The molecule has 1 heterocycles. The van der Waals surface area contributed by atoms with Crippen LogP contribution in [0.4, 0.5) is 0 Å². The number of carbonyl (C=O) groups excluding carboxylic acids is 1. The first-order valence-electron chi connectivity index (χ1n) is 10.5. The second-order valence-electron chi connectivity index (χ2n) is 8.55. The van der Waals surface area contributed by atoms with Gasteiger partial charge in [0.2, 0.25) is 5.91 Å². The molecular weight excluding hydrogens is 537 g/mol. The predicted octanol–water partition coefficient (Wildman–Crippen LogP) is 3.48. The molecule has 9 heteroatoms. The summed E-state index contributed by atoms with van der Waals surface area (Å²) in [6, 6.07) is 8.01. The Bertz CT molecular complexity index is 860. The summed E-state index contributed by atoms with van der Waals surface area (Å²) in [4.78, 5) is 22.7. The fourth-order valence-corrected chi connectivity index (χ4v) is 3.60. The van der Waals surface area contributed by atoms with Gasteiger partial charge < -0.3 is 20.3 Å². The zero-order valence-electron chi connectivity index (χ0n) is 19.9. The smallest absolute Gasteiger partial charge is 0.243 e. The minimum Gasteiger partial charge on any atom is -0.497 e. The van der Waals surface area contributed by atoms with Crippen LogP contribution >= 0.6 is 35.3 Å². The van der Waals surface area contributed by atoms with Gasteiger partial charge in [-0.15, -0.1) is 35.3 Å². The number of nitrogens with zero attached hydrogens (tertiary/aromatic N) is 3. The molecule has 0 saturated heterocycles. The quantitative estimate of drug-likeness (QED) is 0.273. The number of nitrogens with one attached hydrogen (secondary N) is 2. The Kier molecular flexibility index (Phi) is 12.0. The summed E-state index contributed by atoms with van der Waals surface area (Å²) in [6.07, 6.45) is 1.64. The number of benzene rings is 1. The second kappa shape index (κ2) is 13.6. The maximum absolute atomic E-state index is 11.9. The molecule has 0 bridgehead atoms. The van der Waals surface area contributed by atoms with Crippen LogP contribution in [0.25, 0.3) is 0 Å². The molecule has 2 rings (SSSR count). The first kappa shape index (κ1) is 28.2. The molecule has 7 nitrogen and oxygen atoms in total. The van der Waals surface area contributed by atoms with E-state index in [1.54, 1.807) is 37.4 Å². The standard InChI is InChI=1S/C23H35N5O2S.HI/c1-23(2,3)21-27-18(16-31-21)12-14-25-22(26-15-20(29)28(4)5)24-13-11-17-7-9-19(30-6)10-8-17;/h7-10,16H,11-15H2,1-6H3,(H2,24,25,26);1H. The molecule has 0 unspecified atom stereocenters. The number of amides is 1. The molecule has 178 valence electrons. The largest absolute Gasteiger partial charge is 0.497 e. The van der Waals surface area contributed by atoms with Crippen molar-refractivity contribution in [1.82, 2.24) is 20.5 Å².